The maximum absolute atomic E-state index is 12.7. The summed E-state index contributed by atoms with van der Waals surface area (Å²) in [6.45, 7) is 7.57. The van der Waals surface area contributed by atoms with E-state index in [-0.39, 0.29) is 24.5 Å². The highest BCUT2D eigenvalue weighted by molar-refractivity contribution is 7.97. The van der Waals surface area contributed by atoms with E-state index in [0.717, 1.165) is 45.0 Å². The molecule has 11 heteroatoms. The quantitative estimate of drug-likeness (QED) is 0.450. The van der Waals surface area contributed by atoms with Crippen LogP contribution in [0, 0.1) is 0 Å². The first-order chi connectivity index (χ1) is 14.8. The van der Waals surface area contributed by atoms with Gasteiger partial charge in [-0.2, -0.15) is 0 Å². The lowest BCUT2D eigenvalue weighted by molar-refractivity contribution is -0.137. The van der Waals surface area contributed by atoms with Crippen molar-refractivity contribution >= 4 is 58.6 Å². The predicted molar refractivity (Wildman–Crippen MR) is 126 cm³/mol. The Morgan fingerprint density at radius 3 is 2.71 bits per heavy atom. The molecule has 0 bridgehead atoms. The van der Waals surface area contributed by atoms with Crippen LogP contribution in [0.4, 0.5) is 0 Å². The topological polar surface area (TPSA) is 65.1 Å². The van der Waals surface area contributed by atoms with E-state index in [1.54, 1.807) is 11.9 Å². The fourth-order valence-electron chi connectivity index (χ4n) is 3.59. The number of rotatable bonds is 7. The number of benzene rings is 1. The Morgan fingerprint density at radius 2 is 1.94 bits per heavy atom. The first-order valence-corrected chi connectivity index (χ1v) is 12.3. The Balaban J connectivity index is 1.39. The Kier molecular flexibility index (Phi) is 9.43. The molecule has 0 radical (unpaired) electrons. The summed E-state index contributed by atoms with van der Waals surface area (Å²) >= 11 is 19.8. The van der Waals surface area contributed by atoms with Gasteiger partial charge in [0.1, 0.15) is 5.75 Å². The first-order valence-electron chi connectivity index (χ1n) is 10.3. The van der Waals surface area contributed by atoms with Crippen molar-refractivity contribution in [1.29, 1.82) is 0 Å². The van der Waals surface area contributed by atoms with Gasteiger partial charge in [-0.05, 0) is 13.0 Å². The molecule has 0 spiro atoms. The van der Waals surface area contributed by atoms with E-state index in [9.17, 15) is 9.59 Å². The minimum absolute atomic E-state index is 0.0824. The van der Waals surface area contributed by atoms with Crippen molar-refractivity contribution in [3.63, 3.8) is 0 Å². The molecule has 1 aromatic rings. The van der Waals surface area contributed by atoms with Crippen molar-refractivity contribution in [1.82, 2.24) is 19.4 Å². The second kappa shape index (κ2) is 11.8. The van der Waals surface area contributed by atoms with Gasteiger partial charge in [0.15, 0.2) is 6.61 Å². The number of halogens is 3. The molecule has 1 aromatic carbocycles. The summed E-state index contributed by atoms with van der Waals surface area (Å²) in [5.74, 6) is 1.36. The third kappa shape index (κ3) is 7.30. The summed E-state index contributed by atoms with van der Waals surface area (Å²) in [6.07, 6.45) is 0.567. The molecular weight excluding hydrogens is 483 g/mol. The molecule has 2 fully saturated rings. The number of carbonyl (C=O) groups excluding carboxylic acids is 2. The molecule has 0 aliphatic carbocycles. The van der Waals surface area contributed by atoms with Gasteiger partial charge >= 0.3 is 0 Å². The van der Waals surface area contributed by atoms with E-state index in [0.29, 0.717) is 33.8 Å². The van der Waals surface area contributed by atoms with Crippen LogP contribution in [0.25, 0.3) is 0 Å². The highest BCUT2D eigenvalue weighted by Crippen LogP contribution is 2.33. The van der Waals surface area contributed by atoms with Crippen LogP contribution in [0.2, 0.25) is 15.1 Å². The van der Waals surface area contributed by atoms with Crippen molar-refractivity contribution < 1.29 is 14.3 Å². The molecule has 172 valence electrons. The maximum Gasteiger partial charge on any atom is 0.260 e. The summed E-state index contributed by atoms with van der Waals surface area (Å²) in [4.78, 5) is 28.3. The van der Waals surface area contributed by atoms with E-state index < -0.39 is 0 Å². The number of ether oxygens (including phenoxy) is 1. The van der Waals surface area contributed by atoms with Gasteiger partial charge < -0.3 is 19.9 Å². The van der Waals surface area contributed by atoms with Crippen molar-refractivity contribution in [3.05, 3.63) is 27.2 Å². The Bertz CT molecular complexity index is 801. The first kappa shape index (κ1) is 24.7. The summed E-state index contributed by atoms with van der Waals surface area (Å²) in [6, 6.07) is 3.11. The molecule has 2 aliphatic rings. The minimum atomic E-state index is -0.100. The fourth-order valence-corrected chi connectivity index (χ4v) is 5.31. The molecule has 1 N–H and O–H groups in total. The van der Waals surface area contributed by atoms with E-state index in [2.05, 4.69) is 14.5 Å². The van der Waals surface area contributed by atoms with Crippen LogP contribution in [0.5, 0.6) is 5.75 Å². The lowest BCUT2D eigenvalue weighted by Gasteiger charge is -2.39. The predicted octanol–water partition coefficient (Wildman–Crippen LogP) is 3.03. The number of piperazine rings is 1. The molecular formula is C20H27Cl3N4O3S. The zero-order valence-electron chi connectivity index (χ0n) is 17.4. The van der Waals surface area contributed by atoms with Gasteiger partial charge in [-0.1, -0.05) is 46.8 Å². The SMILES string of the molecule is C[C@H]1CN(SCCN2CCNC(=O)CC2)CCN1C(=O)COc1cc(Cl)c(Cl)cc1Cl. The number of nitrogens with zero attached hydrogens (tertiary/aromatic N) is 3. The van der Waals surface area contributed by atoms with Crippen LogP contribution in [-0.4, -0.2) is 90.1 Å². The van der Waals surface area contributed by atoms with Crippen LogP contribution < -0.4 is 10.1 Å². The van der Waals surface area contributed by atoms with Gasteiger partial charge in [-0.15, -0.1) is 0 Å². The molecule has 1 atom stereocenters. The lowest BCUT2D eigenvalue weighted by Crippen LogP contribution is -2.53. The second-order valence-corrected chi connectivity index (χ2v) is 9.99. The molecule has 0 saturated carbocycles. The van der Waals surface area contributed by atoms with E-state index in [1.165, 1.54) is 12.1 Å². The van der Waals surface area contributed by atoms with Gasteiger partial charge in [-0.3, -0.25) is 9.59 Å². The molecule has 2 amide bonds. The highest BCUT2D eigenvalue weighted by atomic mass is 35.5. The number of hydrogen-bond donors (Lipinski definition) is 1. The number of carbonyl (C=O) groups is 2. The normalized spacial score (nSPS) is 21.0. The summed E-state index contributed by atoms with van der Waals surface area (Å²) in [7, 11) is 0. The number of amides is 2. The van der Waals surface area contributed by atoms with Gasteiger partial charge in [-0.25, -0.2) is 4.31 Å². The third-order valence-electron chi connectivity index (χ3n) is 5.32. The summed E-state index contributed by atoms with van der Waals surface area (Å²) in [5.41, 5.74) is 0. The zero-order chi connectivity index (χ0) is 22.4. The average Bonchev–Trinajstić information content (AvgIpc) is 2.94. The summed E-state index contributed by atoms with van der Waals surface area (Å²) in [5, 5.41) is 3.89. The van der Waals surface area contributed by atoms with E-state index in [4.69, 9.17) is 39.5 Å². The monoisotopic (exact) mass is 508 g/mol. The van der Waals surface area contributed by atoms with Gasteiger partial charge in [0.25, 0.3) is 5.91 Å². The molecule has 0 unspecified atom stereocenters. The number of nitrogens with one attached hydrogen (secondary N) is 1. The van der Waals surface area contributed by atoms with E-state index in [1.807, 2.05) is 11.8 Å². The Labute approximate surface area is 202 Å². The molecule has 7 nitrogen and oxygen atoms in total. The van der Waals surface area contributed by atoms with Crippen LogP contribution >= 0.6 is 46.8 Å². The smallest absolute Gasteiger partial charge is 0.260 e. The third-order valence-corrected chi connectivity index (χ3v) is 7.40. The standard InChI is InChI=1S/C20H27Cl3N4O3S/c1-14-12-26(31-9-8-25-4-2-19(28)24-3-5-25)6-7-27(14)20(29)13-30-18-11-16(22)15(21)10-17(18)23/h10-11,14H,2-9,12-13H2,1H3,(H,24,28)/t14-/m0/s1. The molecule has 2 heterocycles. The van der Waals surface area contributed by atoms with E-state index >= 15 is 0 Å². The highest BCUT2D eigenvalue weighted by Gasteiger charge is 2.28. The van der Waals surface area contributed by atoms with Crippen LogP contribution in [0.3, 0.4) is 0 Å². The van der Waals surface area contributed by atoms with Crippen molar-refractivity contribution in [2.45, 2.75) is 19.4 Å². The van der Waals surface area contributed by atoms with Gasteiger partial charge in [0.05, 0.1) is 15.1 Å². The van der Waals surface area contributed by atoms with Crippen molar-refractivity contribution in [3.8, 4) is 5.75 Å². The van der Waals surface area contributed by atoms with Crippen LogP contribution in [0.15, 0.2) is 12.1 Å². The largest absolute Gasteiger partial charge is 0.482 e. The zero-order valence-corrected chi connectivity index (χ0v) is 20.5. The van der Waals surface area contributed by atoms with Crippen molar-refractivity contribution in [2.75, 3.05) is 58.2 Å². The average molecular weight is 510 g/mol. The lowest BCUT2D eigenvalue weighted by atomic mass is 10.2. The molecule has 2 saturated heterocycles. The van der Waals surface area contributed by atoms with Gasteiger partial charge in [0.2, 0.25) is 5.91 Å². The Hall–Kier alpha value is -0.900. The summed E-state index contributed by atoms with van der Waals surface area (Å²) < 4.78 is 7.90. The van der Waals surface area contributed by atoms with Crippen LogP contribution in [-0.2, 0) is 9.59 Å². The Morgan fingerprint density at radius 1 is 1.16 bits per heavy atom. The minimum Gasteiger partial charge on any atom is -0.482 e. The molecule has 0 aromatic heterocycles. The van der Waals surface area contributed by atoms with Crippen molar-refractivity contribution in [2.24, 2.45) is 0 Å². The molecule has 31 heavy (non-hydrogen) atoms. The van der Waals surface area contributed by atoms with Gasteiger partial charge in [0, 0.05) is 70.1 Å². The maximum atomic E-state index is 12.7. The second-order valence-electron chi connectivity index (χ2n) is 7.58. The molecule has 3 rings (SSSR count). The molecule has 2 aliphatic heterocycles. The van der Waals surface area contributed by atoms with Crippen LogP contribution in [0.1, 0.15) is 13.3 Å². The number of hydrogen-bond acceptors (Lipinski definition) is 6. The fraction of sp³-hybridized carbons (Fsp3) is 0.600.